The maximum atomic E-state index is 3.68. The Balaban J connectivity index is 1.96. The molecule has 0 aromatic heterocycles. The molecular formula is C12H26N2. The average molecular weight is 198 g/mol. The van der Waals surface area contributed by atoms with Crippen molar-refractivity contribution in [2.45, 2.75) is 51.5 Å². The van der Waals surface area contributed by atoms with E-state index >= 15 is 0 Å². The maximum absolute atomic E-state index is 3.68. The molecule has 1 saturated carbocycles. The first-order chi connectivity index (χ1) is 6.83. The summed E-state index contributed by atoms with van der Waals surface area (Å²) in [7, 11) is 2.03. The fraction of sp³-hybridized carbons (Fsp3) is 1.00. The lowest BCUT2D eigenvalue weighted by Gasteiger charge is -2.23. The molecular weight excluding hydrogens is 172 g/mol. The van der Waals surface area contributed by atoms with Crippen molar-refractivity contribution in [3.05, 3.63) is 0 Å². The zero-order valence-electron chi connectivity index (χ0n) is 9.81. The highest BCUT2D eigenvalue weighted by molar-refractivity contribution is 4.72. The summed E-state index contributed by atoms with van der Waals surface area (Å²) in [6, 6.07) is 0.825. The van der Waals surface area contributed by atoms with Gasteiger partial charge in [0.25, 0.3) is 0 Å². The Morgan fingerprint density at radius 1 is 1.21 bits per heavy atom. The summed E-state index contributed by atoms with van der Waals surface area (Å²) in [5.74, 6) is 0.802. The van der Waals surface area contributed by atoms with E-state index < -0.39 is 0 Å². The summed E-state index contributed by atoms with van der Waals surface area (Å²) in [4.78, 5) is 0. The molecule has 1 rings (SSSR count). The Labute approximate surface area is 88.8 Å². The standard InChI is InChI=1S/C12H26N2/c1-11(10-13-2)8-9-14-12-6-4-3-5-7-12/h11-14H,3-10H2,1-2H3. The molecule has 2 nitrogen and oxygen atoms in total. The van der Waals surface area contributed by atoms with Crippen LogP contribution < -0.4 is 10.6 Å². The van der Waals surface area contributed by atoms with Crippen molar-refractivity contribution in [2.24, 2.45) is 5.92 Å². The van der Waals surface area contributed by atoms with Crippen LogP contribution in [0.2, 0.25) is 0 Å². The number of rotatable bonds is 6. The molecule has 0 aromatic rings. The van der Waals surface area contributed by atoms with E-state index in [9.17, 15) is 0 Å². The van der Waals surface area contributed by atoms with Gasteiger partial charge < -0.3 is 10.6 Å². The fourth-order valence-corrected chi connectivity index (χ4v) is 2.29. The van der Waals surface area contributed by atoms with Gasteiger partial charge in [-0.05, 0) is 45.3 Å². The molecule has 1 unspecified atom stereocenters. The molecule has 2 N–H and O–H groups in total. The lowest BCUT2D eigenvalue weighted by molar-refractivity contribution is 0.359. The van der Waals surface area contributed by atoms with Crippen LogP contribution in [-0.2, 0) is 0 Å². The Hall–Kier alpha value is -0.0800. The molecule has 2 heteroatoms. The van der Waals surface area contributed by atoms with Crippen LogP contribution in [0.15, 0.2) is 0 Å². The van der Waals surface area contributed by atoms with Crippen LogP contribution in [0, 0.1) is 5.92 Å². The van der Waals surface area contributed by atoms with Crippen molar-refractivity contribution in [1.29, 1.82) is 0 Å². The number of hydrogen-bond donors (Lipinski definition) is 2. The van der Waals surface area contributed by atoms with Gasteiger partial charge in [0.1, 0.15) is 0 Å². The monoisotopic (exact) mass is 198 g/mol. The molecule has 84 valence electrons. The van der Waals surface area contributed by atoms with Crippen LogP contribution >= 0.6 is 0 Å². The molecule has 1 atom stereocenters. The van der Waals surface area contributed by atoms with Crippen molar-refractivity contribution < 1.29 is 0 Å². The highest BCUT2D eigenvalue weighted by atomic mass is 14.9. The van der Waals surface area contributed by atoms with Crippen molar-refractivity contribution >= 4 is 0 Å². The summed E-state index contributed by atoms with van der Waals surface area (Å²) < 4.78 is 0. The van der Waals surface area contributed by atoms with Crippen LogP contribution in [0.25, 0.3) is 0 Å². The summed E-state index contributed by atoms with van der Waals surface area (Å²) in [5, 5.41) is 6.91. The Bertz CT molecular complexity index is 130. The van der Waals surface area contributed by atoms with E-state index in [-0.39, 0.29) is 0 Å². The zero-order valence-corrected chi connectivity index (χ0v) is 9.81. The van der Waals surface area contributed by atoms with Crippen molar-refractivity contribution in [3.63, 3.8) is 0 Å². The lowest BCUT2D eigenvalue weighted by atomic mass is 9.95. The SMILES string of the molecule is CNCC(C)CCNC1CCCCC1. The molecule has 1 aliphatic carbocycles. The summed E-state index contributed by atoms with van der Waals surface area (Å²) in [6.45, 7) is 4.67. The van der Waals surface area contributed by atoms with Gasteiger partial charge in [0.2, 0.25) is 0 Å². The van der Waals surface area contributed by atoms with E-state index in [1.54, 1.807) is 0 Å². The molecule has 1 fully saturated rings. The van der Waals surface area contributed by atoms with Gasteiger partial charge in [-0.25, -0.2) is 0 Å². The third-order valence-corrected chi connectivity index (χ3v) is 3.23. The molecule has 0 amide bonds. The molecule has 0 saturated heterocycles. The van der Waals surface area contributed by atoms with E-state index in [0.717, 1.165) is 18.5 Å². The van der Waals surface area contributed by atoms with E-state index in [0.29, 0.717) is 0 Å². The third kappa shape index (κ3) is 4.97. The van der Waals surface area contributed by atoms with Crippen LogP contribution in [0.1, 0.15) is 45.4 Å². The Morgan fingerprint density at radius 3 is 2.57 bits per heavy atom. The van der Waals surface area contributed by atoms with Gasteiger partial charge in [0.15, 0.2) is 0 Å². The van der Waals surface area contributed by atoms with Crippen LogP contribution in [-0.4, -0.2) is 26.2 Å². The van der Waals surface area contributed by atoms with Gasteiger partial charge in [-0.15, -0.1) is 0 Å². The Kier molecular flexibility index (Phi) is 6.20. The highest BCUT2D eigenvalue weighted by Crippen LogP contribution is 2.17. The molecule has 0 spiro atoms. The van der Waals surface area contributed by atoms with Gasteiger partial charge in [-0.2, -0.15) is 0 Å². The van der Waals surface area contributed by atoms with Gasteiger partial charge >= 0.3 is 0 Å². The Morgan fingerprint density at radius 2 is 1.93 bits per heavy atom. The van der Waals surface area contributed by atoms with E-state index in [1.165, 1.54) is 45.1 Å². The van der Waals surface area contributed by atoms with Crippen molar-refractivity contribution in [3.8, 4) is 0 Å². The van der Waals surface area contributed by atoms with Crippen LogP contribution in [0.5, 0.6) is 0 Å². The molecule has 14 heavy (non-hydrogen) atoms. The average Bonchev–Trinajstić information content (AvgIpc) is 2.20. The fourth-order valence-electron chi connectivity index (χ4n) is 2.29. The second-order valence-corrected chi connectivity index (χ2v) is 4.74. The highest BCUT2D eigenvalue weighted by Gasteiger charge is 2.12. The lowest BCUT2D eigenvalue weighted by Crippen LogP contribution is -2.33. The van der Waals surface area contributed by atoms with Gasteiger partial charge in [0.05, 0.1) is 0 Å². The summed E-state index contributed by atoms with van der Waals surface area (Å²) in [5.41, 5.74) is 0. The van der Waals surface area contributed by atoms with Crippen LogP contribution in [0.4, 0.5) is 0 Å². The largest absolute Gasteiger partial charge is 0.319 e. The molecule has 0 radical (unpaired) electrons. The third-order valence-electron chi connectivity index (χ3n) is 3.23. The molecule has 1 aliphatic rings. The topological polar surface area (TPSA) is 24.1 Å². The first-order valence-corrected chi connectivity index (χ1v) is 6.21. The quantitative estimate of drug-likeness (QED) is 0.683. The molecule has 0 aliphatic heterocycles. The number of nitrogens with one attached hydrogen (secondary N) is 2. The normalized spacial score (nSPS) is 21.0. The minimum absolute atomic E-state index is 0.802. The summed E-state index contributed by atoms with van der Waals surface area (Å²) >= 11 is 0. The van der Waals surface area contributed by atoms with E-state index in [4.69, 9.17) is 0 Å². The van der Waals surface area contributed by atoms with Gasteiger partial charge in [-0.3, -0.25) is 0 Å². The second-order valence-electron chi connectivity index (χ2n) is 4.74. The van der Waals surface area contributed by atoms with Gasteiger partial charge in [-0.1, -0.05) is 26.2 Å². The van der Waals surface area contributed by atoms with Crippen molar-refractivity contribution in [2.75, 3.05) is 20.1 Å². The van der Waals surface area contributed by atoms with Crippen molar-refractivity contribution in [1.82, 2.24) is 10.6 Å². The first kappa shape index (κ1) is 12.0. The maximum Gasteiger partial charge on any atom is 0.00670 e. The molecule has 0 bridgehead atoms. The first-order valence-electron chi connectivity index (χ1n) is 6.21. The molecule has 0 heterocycles. The minimum atomic E-state index is 0.802. The summed E-state index contributed by atoms with van der Waals surface area (Å²) in [6.07, 6.45) is 8.43. The molecule has 0 aromatic carbocycles. The minimum Gasteiger partial charge on any atom is -0.319 e. The van der Waals surface area contributed by atoms with Crippen LogP contribution in [0.3, 0.4) is 0 Å². The van der Waals surface area contributed by atoms with E-state index in [2.05, 4.69) is 17.6 Å². The predicted molar refractivity (Wildman–Crippen MR) is 62.6 cm³/mol. The van der Waals surface area contributed by atoms with Gasteiger partial charge in [0, 0.05) is 6.04 Å². The zero-order chi connectivity index (χ0) is 10.2. The van der Waals surface area contributed by atoms with E-state index in [1.807, 2.05) is 7.05 Å². The second kappa shape index (κ2) is 7.24. The predicted octanol–water partition coefficient (Wildman–Crippen LogP) is 2.15. The number of hydrogen-bond acceptors (Lipinski definition) is 2. The smallest absolute Gasteiger partial charge is 0.00670 e.